The summed E-state index contributed by atoms with van der Waals surface area (Å²) in [5, 5.41) is 12.6. The molecular weight excluding hydrogens is 358 g/mol. The average Bonchev–Trinajstić information content (AvgIpc) is 2.85. The van der Waals surface area contributed by atoms with Gasteiger partial charge >= 0.3 is 5.97 Å². The van der Waals surface area contributed by atoms with Crippen LogP contribution in [-0.4, -0.2) is 73.2 Å². The first-order chi connectivity index (χ1) is 12.4. The van der Waals surface area contributed by atoms with E-state index in [2.05, 4.69) is 5.32 Å². The van der Waals surface area contributed by atoms with Crippen LogP contribution < -0.4 is 10.1 Å². The maximum absolute atomic E-state index is 12.5. The smallest absolute Gasteiger partial charge is 0.317 e. The van der Waals surface area contributed by atoms with E-state index >= 15 is 0 Å². The fraction of sp³-hybridized carbons (Fsp3) is 0.556. The Morgan fingerprint density at radius 3 is 2.85 bits per heavy atom. The van der Waals surface area contributed by atoms with E-state index in [1.807, 2.05) is 16.8 Å². The number of nitrogens with one attached hydrogen (secondary N) is 1. The van der Waals surface area contributed by atoms with E-state index < -0.39 is 5.97 Å². The topological polar surface area (TPSA) is 82.1 Å². The van der Waals surface area contributed by atoms with E-state index in [1.165, 1.54) is 0 Å². The maximum atomic E-state index is 12.5. The lowest BCUT2D eigenvalue weighted by molar-refractivity contribution is -0.138. The van der Waals surface area contributed by atoms with Crippen molar-refractivity contribution in [3.63, 3.8) is 0 Å². The third-order valence-corrected chi connectivity index (χ3v) is 4.89. The van der Waals surface area contributed by atoms with Crippen molar-refractivity contribution in [1.29, 1.82) is 0 Å². The van der Waals surface area contributed by atoms with E-state index in [4.69, 9.17) is 21.4 Å². The van der Waals surface area contributed by atoms with Crippen LogP contribution in [0.2, 0.25) is 5.02 Å². The Bertz CT molecular complexity index is 641. The summed E-state index contributed by atoms with van der Waals surface area (Å²) < 4.78 is 5.27. The lowest BCUT2D eigenvalue weighted by Gasteiger charge is -2.25. The minimum absolute atomic E-state index is 0.00793. The lowest BCUT2D eigenvalue weighted by atomic mass is 10.1. The zero-order valence-electron chi connectivity index (χ0n) is 15.2. The molecule has 26 heavy (non-hydrogen) atoms. The van der Waals surface area contributed by atoms with Crippen molar-refractivity contribution in [2.24, 2.45) is 0 Å². The molecule has 0 aliphatic carbocycles. The number of hydrogen-bond donors (Lipinski definition) is 2. The Morgan fingerprint density at radius 2 is 2.15 bits per heavy atom. The van der Waals surface area contributed by atoms with Crippen LogP contribution in [0.15, 0.2) is 18.2 Å². The number of carboxylic acid groups (broad SMARTS) is 1. The van der Waals surface area contributed by atoms with Gasteiger partial charge in [0.1, 0.15) is 5.75 Å². The van der Waals surface area contributed by atoms with Crippen LogP contribution in [0.4, 0.5) is 5.69 Å². The van der Waals surface area contributed by atoms with Crippen LogP contribution in [0.3, 0.4) is 0 Å². The number of carboxylic acids is 1. The first-order valence-corrected chi connectivity index (χ1v) is 9.05. The van der Waals surface area contributed by atoms with E-state index in [1.54, 1.807) is 25.3 Å². The van der Waals surface area contributed by atoms with Crippen LogP contribution in [-0.2, 0) is 9.59 Å². The molecule has 1 atom stereocenters. The Kier molecular flexibility index (Phi) is 7.53. The van der Waals surface area contributed by atoms with Gasteiger partial charge in [-0.2, -0.15) is 0 Å². The zero-order valence-corrected chi connectivity index (χ0v) is 16.0. The Balaban J connectivity index is 1.88. The zero-order chi connectivity index (χ0) is 19.1. The summed E-state index contributed by atoms with van der Waals surface area (Å²) in [6.07, 6.45) is 2.53. The van der Waals surface area contributed by atoms with Crippen molar-refractivity contribution in [2.45, 2.75) is 25.3 Å². The highest BCUT2D eigenvalue weighted by atomic mass is 35.5. The number of carbonyl (C=O) groups is 2. The van der Waals surface area contributed by atoms with E-state index in [-0.39, 0.29) is 25.0 Å². The van der Waals surface area contributed by atoms with Crippen molar-refractivity contribution in [3.05, 3.63) is 23.2 Å². The summed E-state index contributed by atoms with van der Waals surface area (Å²) in [6.45, 7) is 1.49. The van der Waals surface area contributed by atoms with Gasteiger partial charge in [-0.1, -0.05) is 11.6 Å². The van der Waals surface area contributed by atoms with E-state index in [0.29, 0.717) is 29.5 Å². The predicted octanol–water partition coefficient (Wildman–Crippen LogP) is 2.16. The molecule has 144 valence electrons. The van der Waals surface area contributed by atoms with Gasteiger partial charge < -0.3 is 20.1 Å². The molecule has 0 spiro atoms. The van der Waals surface area contributed by atoms with Gasteiger partial charge in [-0.3, -0.25) is 14.5 Å². The highest BCUT2D eigenvalue weighted by Crippen LogP contribution is 2.27. The number of rotatable bonds is 7. The molecule has 1 aromatic rings. The number of nitrogens with zero attached hydrogens (tertiary/aromatic N) is 2. The summed E-state index contributed by atoms with van der Waals surface area (Å²) >= 11 is 6.00. The van der Waals surface area contributed by atoms with Gasteiger partial charge in [-0.05, 0) is 44.5 Å². The quantitative estimate of drug-likeness (QED) is 0.750. The van der Waals surface area contributed by atoms with Gasteiger partial charge in [-0.15, -0.1) is 0 Å². The number of methoxy groups -OCH3 is 1. The second-order valence-corrected chi connectivity index (χ2v) is 6.91. The number of likely N-dealkylation sites (N-methyl/N-ethyl adjacent to an activating group) is 1. The van der Waals surface area contributed by atoms with Crippen LogP contribution in [0.5, 0.6) is 5.75 Å². The van der Waals surface area contributed by atoms with Gasteiger partial charge in [0.05, 0.1) is 25.9 Å². The van der Waals surface area contributed by atoms with Crippen molar-refractivity contribution in [1.82, 2.24) is 9.80 Å². The molecule has 1 amide bonds. The molecule has 1 fully saturated rings. The largest absolute Gasteiger partial charge is 0.495 e. The molecule has 1 aromatic carbocycles. The van der Waals surface area contributed by atoms with E-state index in [9.17, 15) is 9.59 Å². The number of amides is 1. The minimum Gasteiger partial charge on any atom is -0.495 e. The molecule has 2 N–H and O–H groups in total. The molecule has 0 aromatic heterocycles. The van der Waals surface area contributed by atoms with Crippen molar-refractivity contribution in [2.75, 3.05) is 45.7 Å². The summed E-state index contributed by atoms with van der Waals surface area (Å²) in [5.41, 5.74) is 0.683. The molecule has 1 saturated heterocycles. The molecule has 1 heterocycles. The number of carbonyl (C=O) groups excluding carboxylic acids is 1. The first-order valence-electron chi connectivity index (χ1n) is 8.68. The van der Waals surface area contributed by atoms with Crippen molar-refractivity contribution >= 4 is 29.2 Å². The fourth-order valence-electron chi connectivity index (χ4n) is 3.21. The van der Waals surface area contributed by atoms with E-state index in [0.717, 1.165) is 19.3 Å². The number of aliphatic carboxylic acids is 1. The molecule has 0 bridgehead atoms. The van der Waals surface area contributed by atoms with Crippen LogP contribution in [0, 0.1) is 0 Å². The van der Waals surface area contributed by atoms with Gasteiger partial charge in [0.2, 0.25) is 5.91 Å². The minimum atomic E-state index is -0.829. The van der Waals surface area contributed by atoms with Crippen LogP contribution in [0.1, 0.15) is 19.3 Å². The number of ether oxygens (including phenoxy) is 1. The maximum Gasteiger partial charge on any atom is 0.317 e. The molecule has 1 aliphatic heterocycles. The lowest BCUT2D eigenvalue weighted by Crippen LogP contribution is -2.38. The Hall–Kier alpha value is -1.99. The number of hydrogen-bond acceptors (Lipinski definition) is 5. The second kappa shape index (κ2) is 9.64. The highest BCUT2D eigenvalue weighted by molar-refractivity contribution is 6.30. The van der Waals surface area contributed by atoms with Gasteiger partial charge in [0, 0.05) is 24.2 Å². The van der Waals surface area contributed by atoms with Gasteiger partial charge in [0.25, 0.3) is 0 Å². The average molecular weight is 384 g/mol. The summed E-state index contributed by atoms with van der Waals surface area (Å²) in [7, 11) is 3.39. The van der Waals surface area contributed by atoms with Crippen molar-refractivity contribution < 1.29 is 19.4 Å². The first kappa shape index (κ1) is 20.3. The third kappa shape index (κ3) is 5.78. The number of benzene rings is 1. The molecule has 1 aliphatic rings. The number of anilines is 1. The molecular formula is C18H26ClN3O4. The summed E-state index contributed by atoms with van der Waals surface area (Å²) in [6, 6.07) is 5.40. The Labute approximate surface area is 158 Å². The van der Waals surface area contributed by atoms with Gasteiger partial charge in [0.15, 0.2) is 0 Å². The highest BCUT2D eigenvalue weighted by Gasteiger charge is 2.24. The Morgan fingerprint density at radius 1 is 1.38 bits per heavy atom. The van der Waals surface area contributed by atoms with Crippen LogP contribution in [0.25, 0.3) is 0 Å². The molecule has 7 nitrogen and oxygen atoms in total. The number of halogens is 1. The standard InChI is InChI=1S/C18H26ClN3O4/c1-21(12-18(24)25)14-4-3-8-22(9-7-14)17(23)11-20-15-10-13(19)5-6-16(15)26-2/h5-6,10,14,20H,3-4,7-9,11-12H2,1-2H3,(H,24,25). The van der Waals surface area contributed by atoms with Gasteiger partial charge in [-0.25, -0.2) is 0 Å². The second-order valence-electron chi connectivity index (χ2n) is 6.47. The molecule has 0 saturated carbocycles. The monoisotopic (exact) mass is 383 g/mol. The normalized spacial score (nSPS) is 17.7. The molecule has 8 heteroatoms. The molecule has 0 radical (unpaired) electrons. The third-order valence-electron chi connectivity index (χ3n) is 4.65. The summed E-state index contributed by atoms with van der Waals surface area (Å²) in [4.78, 5) is 27.1. The van der Waals surface area contributed by atoms with Crippen LogP contribution >= 0.6 is 11.6 Å². The summed E-state index contributed by atoms with van der Waals surface area (Å²) in [5.74, 6) is -0.189. The van der Waals surface area contributed by atoms with Crippen molar-refractivity contribution in [3.8, 4) is 5.75 Å². The number of likely N-dealkylation sites (tertiary alicyclic amines) is 1. The fourth-order valence-corrected chi connectivity index (χ4v) is 3.38. The SMILES string of the molecule is COc1ccc(Cl)cc1NCC(=O)N1CCCC(N(C)CC(=O)O)CC1. The molecule has 2 rings (SSSR count). The predicted molar refractivity (Wildman–Crippen MR) is 101 cm³/mol. The molecule has 1 unspecified atom stereocenters.